The van der Waals surface area contributed by atoms with Crippen LogP contribution in [0.5, 0.6) is 0 Å². The highest BCUT2D eigenvalue weighted by molar-refractivity contribution is 5.81. The number of amides is 1. The van der Waals surface area contributed by atoms with Crippen LogP contribution < -0.4 is 5.73 Å². The number of rotatable bonds is 5. The van der Waals surface area contributed by atoms with Crippen LogP contribution in [0.3, 0.4) is 0 Å². The molecule has 0 radical (unpaired) electrons. The van der Waals surface area contributed by atoms with E-state index < -0.39 is 6.04 Å². The minimum Gasteiger partial charge on any atom is -0.340 e. The van der Waals surface area contributed by atoms with E-state index in [1.165, 1.54) is 0 Å². The molecule has 0 aliphatic heterocycles. The van der Waals surface area contributed by atoms with Gasteiger partial charge in [-0.1, -0.05) is 32.4 Å². The SMILES string of the molecule is CCC(C)C(N)C(=O)N(C)Cc1ccc(C#N)cc1. The summed E-state index contributed by atoms with van der Waals surface area (Å²) in [6.07, 6.45) is 0.887. The van der Waals surface area contributed by atoms with Gasteiger partial charge in [-0.2, -0.15) is 5.26 Å². The molecule has 2 atom stereocenters. The topological polar surface area (TPSA) is 70.1 Å². The van der Waals surface area contributed by atoms with Gasteiger partial charge in [0.1, 0.15) is 0 Å². The first-order chi connectivity index (χ1) is 8.99. The first kappa shape index (κ1) is 15.2. The Morgan fingerprint density at radius 3 is 2.47 bits per heavy atom. The van der Waals surface area contributed by atoms with Crippen molar-refractivity contribution in [3.8, 4) is 6.07 Å². The zero-order valence-corrected chi connectivity index (χ0v) is 11.8. The Morgan fingerprint density at radius 2 is 2.00 bits per heavy atom. The van der Waals surface area contributed by atoms with E-state index in [9.17, 15) is 4.79 Å². The molecule has 2 N–H and O–H groups in total. The summed E-state index contributed by atoms with van der Waals surface area (Å²) in [7, 11) is 1.75. The molecule has 0 spiro atoms. The molecule has 0 aliphatic rings. The van der Waals surface area contributed by atoms with E-state index >= 15 is 0 Å². The lowest BCUT2D eigenvalue weighted by Gasteiger charge is -2.24. The lowest BCUT2D eigenvalue weighted by Crippen LogP contribution is -2.45. The summed E-state index contributed by atoms with van der Waals surface area (Å²) < 4.78 is 0. The third-order valence-corrected chi connectivity index (χ3v) is 3.42. The van der Waals surface area contributed by atoms with Gasteiger partial charge in [0.2, 0.25) is 5.91 Å². The van der Waals surface area contributed by atoms with Crippen LogP contribution in [0.25, 0.3) is 0 Å². The standard InChI is InChI=1S/C15H21N3O/c1-4-11(2)14(17)15(19)18(3)10-13-7-5-12(9-16)6-8-13/h5-8,11,14H,4,10,17H2,1-3H3. The van der Waals surface area contributed by atoms with Crippen LogP contribution in [-0.2, 0) is 11.3 Å². The average molecular weight is 259 g/mol. The Bertz CT molecular complexity index is 461. The predicted octanol–water partition coefficient (Wildman–Crippen LogP) is 1.89. The van der Waals surface area contributed by atoms with Crippen molar-refractivity contribution in [2.75, 3.05) is 7.05 Å². The van der Waals surface area contributed by atoms with E-state index in [2.05, 4.69) is 6.07 Å². The maximum absolute atomic E-state index is 12.1. The van der Waals surface area contributed by atoms with Gasteiger partial charge in [-0.3, -0.25) is 4.79 Å². The Kier molecular flexibility index (Phi) is 5.53. The average Bonchev–Trinajstić information content (AvgIpc) is 2.45. The van der Waals surface area contributed by atoms with Crippen molar-refractivity contribution in [2.24, 2.45) is 11.7 Å². The Morgan fingerprint density at radius 1 is 1.42 bits per heavy atom. The fraction of sp³-hybridized carbons (Fsp3) is 0.467. The van der Waals surface area contributed by atoms with Gasteiger partial charge in [0.25, 0.3) is 0 Å². The number of benzene rings is 1. The molecule has 19 heavy (non-hydrogen) atoms. The molecule has 1 amide bonds. The number of nitrogens with zero attached hydrogens (tertiary/aromatic N) is 2. The highest BCUT2D eigenvalue weighted by atomic mass is 16.2. The third kappa shape index (κ3) is 4.08. The number of carbonyl (C=O) groups excluding carboxylic acids is 1. The molecular weight excluding hydrogens is 238 g/mol. The highest BCUT2D eigenvalue weighted by Crippen LogP contribution is 2.11. The van der Waals surface area contributed by atoms with Gasteiger partial charge in [-0.15, -0.1) is 0 Å². The van der Waals surface area contributed by atoms with Crippen molar-refractivity contribution in [3.63, 3.8) is 0 Å². The minimum atomic E-state index is -0.451. The number of hydrogen-bond donors (Lipinski definition) is 1. The van der Waals surface area contributed by atoms with Crippen molar-refractivity contribution in [3.05, 3.63) is 35.4 Å². The molecule has 4 heteroatoms. The van der Waals surface area contributed by atoms with Gasteiger partial charge >= 0.3 is 0 Å². The van der Waals surface area contributed by atoms with Gasteiger partial charge < -0.3 is 10.6 Å². The van der Waals surface area contributed by atoms with E-state index in [0.717, 1.165) is 12.0 Å². The van der Waals surface area contributed by atoms with Crippen molar-refractivity contribution in [1.82, 2.24) is 4.90 Å². The van der Waals surface area contributed by atoms with E-state index in [1.807, 2.05) is 26.0 Å². The zero-order valence-electron chi connectivity index (χ0n) is 11.8. The van der Waals surface area contributed by atoms with E-state index in [-0.39, 0.29) is 11.8 Å². The lowest BCUT2D eigenvalue weighted by molar-refractivity contribution is -0.132. The van der Waals surface area contributed by atoms with E-state index in [0.29, 0.717) is 12.1 Å². The molecule has 0 saturated heterocycles. The van der Waals surface area contributed by atoms with E-state index in [4.69, 9.17) is 11.0 Å². The molecule has 102 valence electrons. The summed E-state index contributed by atoms with van der Waals surface area (Å²) >= 11 is 0. The molecule has 0 bridgehead atoms. The van der Waals surface area contributed by atoms with Crippen LogP contribution in [0, 0.1) is 17.2 Å². The molecular formula is C15H21N3O. The second-order valence-electron chi connectivity index (χ2n) is 4.91. The van der Waals surface area contributed by atoms with Crippen LogP contribution in [0.2, 0.25) is 0 Å². The van der Waals surface area contributed by atoms with Crippen LogP contribution in [0.1, 0.15) is 31.4 Å². The molecule has 0 fully saturated rings. The van der Waals surface area contributed by atoms with Crippen molar-refractivity contribution in [1.29, 1.82) is 5.26 Å². The zero-order chi connectivity index (χ0) is 14.4. The van der Waals surface area contributed by atoms with Gasteiger partial charge in [-0.25, -0.2) is 0 Å². The first-order valence-corrected chi connectivity index (χ1v) is 6.49. The van der Waals surface area contributed by atoms with Crippen molar-refractivity contribution < 1.29 is 4.79 Å². The fourth-order valence-electron chi connectivity index (χ4n) is 1.79. The van der Waals surface area contributed by atoms with Crippen molar-refractivity contribution in [2.45, 2.75) is 32.9 Å². The number of nitriles is 1. The van der Waals surface area contributed by atoms with Crippen LogP contribution >= 0.6 is 0 Å². The summed E-state index contributed by atoms with van der Waals surface area (Å²) in [4.78, 5) is 13.8. The molecule has 1 rings (SSSR count). The predicted molar refractivity (Wildman–Crippen MR) is 75.1 cm³/mol. The molecule has 0 heterocycles. The quantitative estimate of drug-likeness (QED) is 0.877. The van der Waals surface area contributed by atoms with Crippen LogP contribution in [-0.4, -0.2) is 23.9 Å². The molecule has 0 aromatic heterocycles. The smallest absolute Gasteiger partial charge is 0.239 e. The second kappa shape index (κ2) is 6.91. The van der Waals surface area contributed by atoms with Crippen LogP contribution in [0.15, 0.2) is 24.3 Å². The second-order valence-corrected chi connectivity index (χ2v) is 4.91. The van der Waals surface area contributed by atoms with Gasteiger partial charge in [0.05, 0.1) is 17.7 Å². The number of hydrogen-bond acceptors (Lipinski definition) is 3. The fourth-order valence-corrected chi connectivity index (χ4v) is 1.79. The van der Waals surface area contributed by atoms with E-state index in [1.54, 1.807) is 24.1 Å². The summed E-state index contributed by atoms with van der Waals surface area (Å²) in [5.74, 6) is 0.134. The maximum Gasteiger partial charge on any atom is 0.239 e. The molecule has 4 nitrogen and oxygen atoms in total. The largest absolute Gasteiger partial charge is 0.340 e. The van der Waals surface area contributed by atoms with Gasteiger partial charge in [-0.05, 0) is 23.6 Å². The Balaban J connectivity index is 2.65. The molecule has 0 aliphatic carbocycles. The summed E-state index contributed by atoms with van der Waals surface area (Å²) in [6.45, 7) is 4.52. The third-order valence-electron chi connectivity index (χ3n) is 3.42. The molecule has 1 aromatic rings. The van der Waals surface area contributed by atoms with Gasteiger partial charge in [0, 0.05) is 13.6 Å². The molecule has 2 unspecified atom stereocenters. The Hall–Kier alpha value is -1.86. The monoisotopic (exact) mass is 259 g/mol. The maximum atomic E-state index is 12.1. The van der Waals surface area contributed by atoms with Gasteiger partial charge in [0.15, 0.2) is 0 Å². The number of likely N-dealkylation sites (N-methyl/N-ethyl adjacent to an activating group) is 1. The summed E-state index contributed by atoms with van der Waals surface area (Å²) in [6, 6.07) is 8.84. The summed E-state index contributed by atoms with van der Waals surface area (Å²) in [5.41, 5.74) is 7.55. The molecule has 0 saturated carbocycles. The Labute approximate surface area is 114 Å². The van der Waals surface area contributed by atoms with Crippen LogP contribution in [0.4, 0.5) is 0 Å². The van der Waals surface area contributed by atoms with Crippen molar-refractivity contribution >= 4 is 5.91 Å². The number of carbonyl (C=O) groups is 1. The first-order valence-electron chi connectivity index (χ1n) is 6.49. The summed E-state index contributed by atoms with van der Waals surface area (Å²) in [5, 5.41) is 8.73. The lowest BCUT2D eigenvalue weighted by atomic mass is 9.99. The highest BCUT2D eigenvalue weighted by Gasteiger charge is 2.22. The normalized spacial score (nSPS) is 13.4. The number of nitrogens with two attached hydrogens (primary N) is 1. The minimum absolute atomic E-state index is 0.0429. The molecule has 1 aromatic carbocycles.